The van der Waals surface area contributed by atoms with E-state index in [4.69, 9.17) is 10.00 Å². The van der Waals surface area contributed by atoms with Crippen LogP contribution in [0.15, 0.2) is 30.4 Å². The normalized spacial score (nSPS) is 30.6. The van der Waals surface area contributed by atoms with Crippen molar-refractivity contribution < 1.29 is 14.9 Å². The quantitative estimate of drug-likeness (QED) is 0.722. The van der Waals surface area contributed by atoms with Gasteiger partial charge in [0.15, 0.2) is 0 Å². The summed E-state index contributed by atoms with van der Waals surface area (Å²) in [5.41, 5.74) is 2.23. The van der Waals surface area contributed by atoms with Crippen molar-refractivity contribution in [3.63, 3.8) is 0 Å². The fourth-order valence-corrected chi connectivity index (χ4v) is 5.46. The molecule has 2 saturated carbocycles. The highest BCUT2D eigenvalue weighted by atomic mass is 16.5. The van der Waals surface area contributed by atoms with E-state index in [0.717, 1.165) is 23.3 Å². The standard InChI is InChI=1S/C24H31NO3/c25-13-5-9-17-8-4-10-20-23-19(21(27)15-22(23)28-24(17)20)12-11-18(26)14-16-6-2-1-3-7-16/h4,8,10-12,16,18-19,21-23,26-27H,1-3,5-7,9,14-15H2/b12-11+/t18-,19+,21-,22+,23+/m1/s1. The first kappa shape index (κ1) is 19.5. The summed E-state index contributed by atoms with van der Waals surface area (Å²) in [4.78, 5) is 0. The van der Waals surface area contributed by atoms with Crippen LogP contribution in [0.1, 0.15) is 68.4 Å². The minimum Gasteiger partial charge on any atom is -0.489 e. The Morgan fingerprint density at radius 2 is 2.07 bits per heavy atom. The van der Waals surface area contributed by atoms with Gasteiger partial charge in [-0.15, -0.1) is 0 Å². The van der Waals surface area contributed by atoms with Gasteiger partial charge >= 0.3 is 0 Å². The summed E-state index contributed by atoms with van der Waals surface area (Å²) in [5.74, 6) is 1.65. The Labute approximate surface area is 167 Å². The number of hydrogen-bond donors (Lipinski definition) is 2. The van der Waals surface area contributed by atoms with Crippen molar-refractivity contribution in [3.05, 3.63) is 41.5 Å². The van der Waals surface area contributed by atoms with E-state index in [1.54, 1.807) is 0 Å². The van der Waals surface area contributed by atoms with E-state index in [2.05, 4.69) is 12.1 Å². The van der Waals surface area contributed by atoms with Crippen LogP contribution in [0.25, 0.3) is 0 Å². The van der Waals surface area contributed by atoms with E-state index >= 15 is 0 Å². The van der Waals surface area contributed by atoms with E-state index in [9.17, 15) is 10.2 Å². The van der Waals surface area contributed by atoms with Gasteiger partial charge in [0, 0.05) is 30.2 Å². The molecule has 1 aromatic carbocycles. The van der Waals surface area contributed by atoms with Crippen LogP contribution < -0.4 is 4.74 Å². The Morgan fingerprint density at radius 3 is 2.86 bits per heavy atom. The maximum Gasteiger partial charge on any atom is 0.126 e. The van der Waals surface area contributed by atoms with Gasteiger partial charge in [0.05, 0.1) is 18.3 Å². The molecule has 0 saturated heterocycles. The summed E-state index contributed by atoms with van der Waals surface area (Å²) in [6.07, 6.45) is 12.0. The molecule has 4 heteroatoms. The molecule has 0 unspecified atom stereocenters. The van der Waals surface area contributed by atoms with Crippen LogP contribution >= 0.6 is 0 Å². The number of nitriles is 1. The molecule has 0 radical (unpaired) electrons. The number of benzene rings is 1. The van der Waals surface area contributed by atoms with Crippen LogP contribution in [0.3, 0.4) is 0 Å². The SMILES string of the molecule is N#CCCc1cccc2c1O[C@H]1C[C@@H](O)[C@H](/C=C/[C@@H](O)CC3CCCCC3)[C@@H]21. The highest BCUT2D eigenvalue weighted by molar-refractivity contribution is 5.49. The second kappa shape index (κ2) is 8.68. The molecule has 28 heavy (non-hydrogen) atoms. The van der Waals surface area contributed by atoms with E-state index < -0.39 is 12.2 Å². The van der Waals surface area contributed by atoms with Crippen molar-refractivity contribution >= 4 is 0 Å². The monoisotopic (exact) mass is 381 g/mol. The first-order valence-electron chi connectivity index (χ1n) is 10.9. The van der Waals surface area contributed by atoms with Crippen molar-refractivity contribution in [3.8, 4) is 11.8 Å². The van der Waals surface area contributed by atoms with Crippen LogP contribution in [0.2, 0.25) is 0 Å². The number of aliphatic hydroxyl groups excluding tert-OH is 2. The summed E-state index contributed by atoms with van der Waals surface area (Å²) < 4.78 is 6.22. The Kier molecular flexibility index (Phi) is 6.04. The number of fused-ring (bicyclic) bond motifs is 3. The molecule has 0 bridgehead atoms. The highest BCUT2D eigenvalue weighted by Gasteiger charge is 2.48. The average Bonchev–Trinajstić information content (AvgIpc) is 3.20. The molecule has 4 rings (SSSR count). The van der Waals surface area contributed by atoms with E-state index in [1.165, 1.54) is 32.1 Å². The summed E-state index contributed by atoms with van der Waals surface area (Å²) in [7, 11) is 0. The number of aryl methyl sites for hydroxylation is 1. The van der Waals surface area contributed by atoms with Gasteiger partial charge in [-0.3, -0.25) is 0 Å². The number of hydrogen-bond acceptors (Lipinski definition) is 4. The molecule has 1 aromatic rings. The number of para-hydroxylation sites is 1. The van der Waals surface area contributed by atoms with Gasteiger partial charge in [-0.25, -0.2) is 0 Å². The lowest BCUT2D eigenvalue weighted by atomic mass is 9.84. The molecular weight excluding hydrogens is 350 g/mol. The number of rotatable bonds is 6. The van der Waals surface area contributed by atoms with E-state index in [0.29, 0.717) is 25.2 Å². The minimum atomic E-state index is -0.441. The van der Waals surface area contributed by atoms with Crippen LogP contribution in [-0.4, -0.2) is 28.5 Å². The molecule has 3 aliphatic rings. The Morgan fingerprint density at radius 1 is 1.25 bits per heavy atom. The fraction of sp³-hybridized carbons (Fsp3) is 0.625. The third-order valence-corrected chi connectivity index (χ3v) is 6.85. The van der Waals surface area contributed by atoms with Crippen molar-refractivity contribution in [1.29, 1.82) is 5.26 Å². The fourth-order valence-electron chi connectivity index (χ4n) is 5.46. The molecule has 5 atom stereocenters. The molecule has 4 nitrogen and oxygen atoms in total. The van der Waals surface area contributed by atoms with Crippen LogP contribution in [0.5, 0.6) is 5.75 Å². The maximum atomic E-state index is 10.6. The number of nitrogens with zero attached hydrogens (tertiary/aromatic N) is 1. The van der Waals surface area contributed by atoms with Crippen molar-refractivity contribution in [2.45, 2.75) is 82.0 Å². The zero-order valence-corrected chi connectivity index (χ0v) is 16.5. The van der Waals surface area contributed by atoms with E-state index in [-0.39, 0.29) is 17.9 Å². The zero-order valence-electron chi connectivity index (χ0n) is 16.5. The van der Waals surface area contributed by atoms with Gasteiger partial charge in [-0.1, -0.05) is 62.5 Å². The van der Waals surface area contributed by atoms with Gasteiger partial charge in [-0.05, 0) is 24.3 Å². The average molecular weight is 382 g/mol. The summed E-state index contributed by atoms with van der Waals surface area (Å²) >= 11 is 0. The molecule has 0 aromatic heterocycles. The molecule has 2 aliphatic carbocycles. The van der Waals surface area contributed by atoms with Gasteiger partial charge in [0.1, 0.15) is 11.9 Å². The lowest BCUT2D eigenvalue weighted by Gasteiger charge is -2.23. The van der Waals surface area contributed by atoms with Crippen LogP contribution in [0.4, 0.5) is 0 Å². The molecule has 150 valence electrons. The Bertz CT molecular complexity index is 747. The van der Waals surface area contributed by atoms with Crippen LogP contribution in [-0.2, 0) is 6.42 Å². The molecular formula is C24H31NO3. The molecule has 0 amide bonds. The van der Waals surface area contributed by atoms with Gasteiger partial charge in [-0.2, -0.15) is 5.26 Å². The number of ether oxygens (including phenoxy) is 1. The molecule has 1 heterocycles. The summed E-state index contributed by atoms with van der Waals surface area (Å²) in [6, 6.07) is 8.36. The summed E-state index contributed by atoms with van der Waals surface area (Å²) in [6.45, 7) is 0. The predicted octanol–water partition coefficient (Wildman–Crippen LogP) is 4.26. The van der Waals surface area contributed by atoms with Gasteiger partial charge < -0.3 is 14.9 Å². The molecule has 2 fully saturated rings. The van der Waals surface area contributed by atoms with Crippen molar-refractivity contribution in [1.82, 2.24) is 0 Å². The largest absolute Gasteiger partial charge is 0.489 e. The first-order valence-corrected chi connectivity index (χ1v) is 10.9. The summed E-state index contributed by atoms with van der Waals surface area (Å²) in [5, 5.41) is 30.0. The van der Waals surface area contributed by atoms with Gasteiger partial charge in [0.2, 0.25) is 0 Å². The maximum absolute atomic E-state index is 10.6. The third-order valence-electron chi connectivity index (χ3n) is 6.85. The zero-order chi connectivity index (χ0) is 19.5. The topological polar surface area (TPSA) is 73.5 Å². The second-order valence-electron chi connectivity index (χ2n) is 8.75. The highest BCUT2D eigenvalue weighted by Crippen LogP contribution is 2.52. The van der Waals surface area contributed by atoms with Crippen LogP contribution in [0, 0.1) is 23.2 Å². The lowest BCUT2D eigenvalue weighted by molar-refractivity contribution is 0.134. The molecule has 0 spiro atoms. The predicted molar refractivity (Wildman–Crippen MR) is 108 cm³/mol. The minimum absolute atomic E-state index is 0.0154. The molecule has 1 aliphatic heterocycles. The second-order valence-corrected chi connectivity index (χ2v) is 8.75. The number of aliphatic hydroxyl groups is 2. The third kappa shape index (κ3) is 3.97. The molecule has 2 N–H and O–H groups in total. The van der Waals surface area contributed by atoms with Crippen molar-refractivity contribution in [2.75, 3.05) is 0 Å². The van der Waals surface area contributed by atoms with Crippen molar-refractivity contribution in [2.24, 2.45) is 11.8 Å². The van der Waals surface area contributed by atoms with E-state index in [1.807, 2.05) is 24.3 Å². The Hall–Kier alpha value is -1.83. The smallest absolute Gasteiger partial charge is 0.126 e. The lowest BCUT2D eigenvalue weighted by Crippen LogP contribution is -2.18. The Balaban J connectivity index is 1.47. The first-order chi connectivity index (χ1) is 13.7. The van der Waals surface area contributed by atoms with Gasteiger partial charge in [0.25, 0.3) is 0 Å².